The quantitative estimate of drug-likeness (QED) is 0.232. The highest BCUT2D eigenvalue weighted by atomic mass is 35.5. The lowest BCUT2D eigenvalue weighted by Crippen LogP contribution is -2.41. The highest BCUT2D eigenvalue weighted by Gasteiger charge is 2.79. The average molecular weight is 527 g/mol. The molecule has 7 nitrogen and oxygen atoms in total. The third kappa shape index (κ3) is 2.82. The maximum Gasteiger partial charge on any atom is 0.271 e. The molecule has 2 bridgehead atoms. The van der Waals surface area contributed by atoms with E-state index in [2.05, 4.69) is 0 Å². The number of carbonyl (C=O) groups excluding carboxylic acids is 3. The van der Waals surface area contributed by atoms with Crippen LogP contribution in [0.5, 0.6) is 0 Å². The fourth-order valence-corrected chi connectivity index (χ4v) is 7.35. The molecule has 2 fully saturated rings. The van der Waals surface area contributed by atoms with Crippen LogP contribution in [0.15, 0.2) is 78.9 Å². The van der Waals surface area contributed by atoms with Gasteiger partial charge < -0.3 is 0 Å². The minimum absolute atomic E-state index is 0.0329. The number of hydrogen-bond acceptors (Lipinski definition) is 5. The number of ketones is 1. The lowest BCUT2D eigenvalue weighted by molar-refractivity contribution is -0.384. The molecular formula is C30H23ClN2O5. The van der Waals surface area contributed by atoms with Gasteiger partial charge in [0.2, 0.25) is 11.8 Å². The molecule has 0 radical (unpaired) electrons. The Kier molecular flexibility index (Phi) is 5.23. The predicted octanol–water partition coefficient (Wildman–Crippen LogP) is 5.96. The normalized spacial score (nSPS) is 27.9. The molecule has 0 N–H and O–H groups in total. The number of nitro benzene ring substituents is 1. The summed E-state index contributed by atoms with van der Waals surface area (Å²) < 4.78 is 0. The van der Waals surface area contributed by atoms with Crippen LogP contribution in [0.25, 0.3) is 11.1 Å². The van der Waals surface area contributed by atoms with Crippen LogP contribution in [0, 0.1) is 32.8 Å². The summed E-state index contributed by atoms with van der Waals surface area (Å²) in [6.45, 7) is 3.64. The van der Waals surface area contributed by atoms with Crippen molar-refractivity contribution in [3.05, 3.63) is 105 Å². The van der Waals surface area contributed by atoms with Crippen LogP contribution in [0.4, 0.5) is 11.4 Å². The van der Waals surface area contributed by atoms with Crippen LogP contribution in [-0.2, 0) is 14.4 Å². The Balaban J connectivity index is 1.63. The summed E-state index contributed by atoms with van der Waals surface area (Å²) >= 11 is 6.39. The zero-order valence-electron chi connectivity index (χ0n) is 20.7. The van der Waals surface area contributed by atoms with Crippen LogP contribution in [0.1, 0.15) is 31.4 Å². The molecule has 3 aromatic rings. The predicted molar refractivity (Wildman–Crippen MR) is 143 cm³/mol. The number of halogens is 1. The molecule has 3 aliphatic rings. The number of hydrogen-bond donors (Lipinski definition) is 0. The number of benzene rings is 3. The Hall–Kier alpha value is -4.10. The van der Waals surface area contributed by atoms with Crippen molar-refractivity contribution in [1.29, 1.82) is 0 Å². The standard InChI is InChI=1S/C30H23ClN2O5/c1-3-30-23(18-12-8-5-9-13-18)22(17-10-6-4-7-11-17)29(2,28(30)36)24-25(30)27(35)32(26(24)34)21-16-19(33(37)38)14-15-20(21)31/h4-16,24-25H,3H2,1-2H3/t24-,25-,29-,30-/m0/s1. The first-order chi connectivity index (χ1) is 18.2. The second-order valence-corrected chi connectivity index (χ2v) is 10.6. The molecule has 0 spiro atoms. The topological polar surface area (TPSA) is 97.6 Å². The number of rotatable bonds is 5. The van der Waals surface area contributed by atoms with Gasteiger partial charge >= 0.3 is 0 Å². The first kappa shape index (κ1) is 24.2. The first-order valence-electron chi connectivity index (χ1n) is 12.4. The number of amides is 2. The summed E-state index contributed by atoms with van der Waals surface area (Å²) in [5.41, 5.74) is 0.348. The van der Waals surface area contributed by atoms with Crippen molar-refractivity contribution < 1.29 is 19.3 Å². The minimum atomic E-state index is -1.28. The summed E-state index contributed by atoms with van der Waals surface area (Å²) in [5, 5.41) is 11.5. The Morgan fingerprint density at radius 1 is 0.868 bits per heavy atom. The monoisotopic (exact) mass is 526 g/mol. The summed E-state index contributed by atoms with van der Waals surface area (Å²) in [5.74, 6) is -3.15. The largest absolute Gasteiger partial charge is 0.298 e. The van der Waals surface area contributed by atoms with Gasteiger partial charge in [-0.3, -0.25) is 24.5 Å². The number of nitrogens with zero attached hydrogens (tertiary/aromatic N) is 2. The van der Waals surface area contributed by atoms with Crippen molar-refractivity contribution in [3.63, 3.8) is 0 Å². The molecule has 190 valence electrons. The van der Waals surface area contributed by atoms with E-state index in [0.717, 1.165) is 33.2 Å². The molecule has 38 heavy (non-hydrogen) atoms. The van der Waals surface area contributed by atoms with Gasteiger partial charge in [-0.15, -0.1) is 0 Å². The lowest BCUT2D eigenvalue weighted by Gasteiger charge is -2.37. The van der Waals surface area contributed by atoms with Crippen LogP contribution in [0.2, 0.25) is 5.02 Å². The summed E-state index contributed by atoms with van der Waals surface area (Å²) in [6, 6.07) is 22.7. The molecule has 8 heteroatoms. The van der Waals surface area contributed by atoms with Crippen LogP contribution >= 0.6 is 11.6 Å². The molecular weight excluding hydrogens is 504 g/mol. The first-order valence-corrected chi connectivity index (χ1v) is 12.8. The molecule has 0 aromatic heterocycles. The van der Waals surface area contributed by atoms with Gasteiger partial charge in [-0.25, -0.2) is 4.90 Å². The average Bonchev–Trinajstić information content (AvgIpc) is 3.39. The molecule has 2 amide bonds. The summed E-state index contributed by atoms with van der Waals surface area (Å²) in [6.07, 6.45) is 0.318. The third-order valence-corrected chi connectivity index (χ3v) is 8.94. The van der Waals surface area contributed by atoms with E-state index < -0.39 is 39.4 Å². The number of Topliss-reactive ketones (excluding diaryl/α,β-unsaturated/α-hetero) is 1. The van der Waals surface area contributed by atoms with E-state index in [-0.39, 0.29) is 22.2 Å². The van der Waals surface area contributed by atoms with E-state index in [4.69, 9.17) is 11.6 Å². The molecule has 3 aromatic carbocycles. The molecule has 1 saturated heterocycles. The lowest BCUT2D eigenvalue weighted by atomic mass is 9.62. The number of non-ortho nitro benzene ring substituents is 1. The number of fused-ring (bicyclic) bond motifs is 5. The minimum Gasteiger partial charge on any atom is -0.298 e. The Bertz CT molecular complexity index is 1580. The highest BCUT2D eigenvalue weighted by molar-refractivity contribution is 6.39. The van der Waals surface area contributed by atoms with Crippen LogP contribution in [-0.4, -0.2) is 22.5 Å². The Labute approximate surface area is 223 Å². The van der Waals surface area contributed by atoms with Crippen LogP contribution in [0.3, 0.4) is 0 Å². The van der Waals surface area contributed by atoms with Crippen molar-refractivity contribution in [2.45, 2.75) is 20.3 Å². The SMILES string of the molecule is CC[C@]12C(=O)[C@@](C)(C(c3ccccc3)=C1c1ccccc1)[C@@H]1C(=O)N(c3cc([N+](=O)[O-])ccc3Cl)C(=O)[C@H]12. The highest BCUT2D eigenvalue weighted by Crippen LogP contribution is 2.74. The number of imide groups is 1. The maximum absolute atomic E-state index is 14.5. The van der Waals surface area contributed by atoms with Gasteiger partial charge in [-0.1, -0.05) is 79.2 Å². The second kappa shape index (κ2) is 8.20. The summed E-state index contributed by atoms with van der Waals surface area (Å²) in [4.78, 5) is 54.7. The van der Waals surface area contributed by atoms with Crippen molar-refractivity contribution in [2.24, 2.45) is 22.7 Å². The van der Waals surface area contributed by atoms with Crippen molar-refractivity contribution in [3.8, 4) is 0 Å². The molecule has 1 saturated carbocycles. The fraction of sp³-hybridized carbons (Fsp3) is 0.233. The van der Waals surface area contributed by atoms with Crippen molar-refractivity contribution in [2.75, 3.05) is 4.90 Å². The van der Waals surface area contributed by atoms with E-state index in [1.54, 1.807) is 6.92 Å². The zero-order chi connectivity index (χ0) is 27.0. The Morgan fingerprint density at radius 3 is 1.97 bits per heavy atom. The third-order valence-electron chi connectivity index (χ3n) is 8.62. The van der Waals surface area contributed by atoms with Crippen molar-refractivity contribution in [1.82, 2.24) is 0 Å². The fourth-order valence-electron chi connectivity index (χ4n) is 7.15. The van der Waals surface area contributed by atoms with E-state index in [0.29, 0.717) is 6.42 Å². The van der Waals surface area contributed by atoms with Gasteiger partial charge in [0.1, 0.15) is 0 Å². The molecule has 1 aliphatic heterocycles. The molecule has 1 heterocycles. The number of carbonyl (C=O) groups is 3. The molecule has 2 aliphatic carbocycles. The number of nitro groups is 1. The maximum atomic E-state index is 14.5. The van der Waals surface area contributed by atoms with Gasteiger partial charge in [0.05, 0.1) is 38.3 Å². The molecule has 0 unspecified atom stereocenters. The van der Waals surface area contributed by atoms with E-state index in [1.807, 2.05) is 67.6 Å². The number of allylic oxidation sites excluding steroid dienone is 2. The molecule has 6 rings (SSSR count). The second-order valence-electron chi connectivity index (χ2n) is 10.2. The smallest absolute Gasteiger partial charge is 0.271 e. The van der Waals surface area contributed by atoms with E-state index in [1.165, 1.54) is 12.1 Å². The Morgan fingerprint density at radius 2 is 1.42 bits per heavy atom. The zero-order valence-corrected chi connectivity index (χ0v) is 21.4. The van der Waals surface area contributed by atoms with Gasteiger partial charge in [-0.05, 0) is 41.7 Å². The molecule has 4 atom stereocenters. The van der Waals surface area contributed by atoms with Gasteiger partial charge in [0.25, 0.3) is 5.69 Å². The van der Waals surface area contributed by atoms with Gasteiger partial charge in [0.15, 0.2) is 5.78 Å². The van der Waals surface area contributed by atoms with Crippen LogP contribution < -0.4 is 4.90 Å². The van der Waals surface area contributed by atoms with Crippen molar-refractivity contribution >= 4 is 51.7 Å². The van der Waals surface area contributed by atoms with E-state index >= 15 is 0 Å². The summed E-state index contributed by atoms with van der Waals surface area (Å²) in [7, 11) is 0. The van der Waals surface area contributed by atoms with Gasteiger partial charge in [-0.2, -0.15) is 0 Å². The van der Waals surface area contributed by atoms with Gasteiger partial charge in [0, 0.05) is 12.1 Å². The van der Waals surface area contributed by atoms with E-state index in [9.17, 15) is 24.5 Å². The number of anilines is 1.